The summed E-state index contributed by atoms with van der Waals surface area (Å²) >= 11 is 0.434. The molecule has 162 valence electrons. The number of hydrogen-bond donors (Lipinski definition) is 4. The normalized spacial score (nSPS) is 12.9. The molecule has 0 bridgehead atoms. The molecule has 0 saturated heterocycles. The van der Waals surface area contributed by atoms with Gasteiger partial charge in [-0.1, -0.05) is 0 Å². The van der Waals surface area contributed by atoms with Crippen LogP contribution in [0.3, 0.4) is 0 Å². The second kappa shape index (κ2) is 8.25. The summed E-state index contributed by atoms with van der Waals surface area (Å²) in [6.07, 6.45) is 0.0143. The van der Waals surface area contributed by atoms with Crippen LogP contribution in [0.15, 0.2) is 12.1 Å². The summed E-state index contributed by atoms with van der Waals surface area (Å²) < 4.78 is 67.5. The fourth-order valence-electron chi connectivity index (χ4n) is 2.53. The molecule has 0 saturated carbocycles. The molecular formula is C15H19F2N2O7PS2. The van der Waals surface area contributed by atoms with Crippen molar-refractivity contribution in [3.63, 3.8) is 0 Å². The maximum atomic E-state index is 14.3. The third kappa shape index (κ3) is 5.11. The van der Waals surface area contributed by atoms with Crippen molar-refractivity contribution in [2.24, 2.45) is 5.14 Å². The summed E-state index contributed by atoms with van der Waals surface area (Å²) in [4.78, 5) is 29.3. The van der Waals surface area contributed by atoms with Crippen molar-refractivity contribution in [1.29, 1.82) is 0 Å². The Labute approximate surface area is 169 Å². The first kappa shape index (κ1) is 23.6. The Morgan fingerprint density at radius 3 is 2.52 bits per heavy atom. The van der Waals surface area contributed by atoms with Crippen LogP contribution in [-0.4, -0.2) is 43.5 Å². The molecular weight excluding hydrogens is 453 g/mol. The first-order chi connectivity index (χ1) is 13.2. The summed E-state index contributed by atoms with van der Waals surface area (Å²) in [6.45, 7) is 1.13. The van der Waals surface area contributed by atoms with Crippen LogP contribution in [0.1, 0.15) is 27.2 Å². The molecule has 9 nitrogen and oxygen atoms in total. The monoisotopic (exact) mass is 472 g/mol. The number of nitrogens with two attached hydrogens (primary N) is 1. The molecule has 2 aromatic rings. The lowest BCUT2D eigenvalue weighted by Gasteiger charge is -2.16. The van der Waals surface area contributed by atoms with E-state index in [9.17, 15) is 26.6 Å². The van der Waals surface area contributed by atoms with Crippen LogP contribution >= 0.6 is 18.9 Å². The highest BCUT2D eigenvalue weighted by Crippen LogP contribution is 2.62. The summed E-state index contributed by atoms with van der Waals surface area (Å²) in [5, 5.41) is 7.46. The number of primary sulfonamides is 1. The zero-order chi connectivity index (χ0) is 22.2. The Balaban J connectivity index is 2.57. The first-order valence-corrected chi connectivity index (χ1v) is 12.2. The lowest BCUT2D eigenvalue weighted by Crippen LogP contribution is -2.19. The van der Waals surface area contributed by atoms with Gasteiger partial charge in [0.15, 0.2) is 0 Å². The molecule has 1 heterocycles. The molecule has 5 N–H and O–H groups in total. The Bertz CT molecular complexity index is 1100. The number of carbonyl (C=O) groups is 1. The summed E-state index contributed by atoms with van der Waals surface area (Å²) in [6, 6.07) is 2.60. The lowest BCUT2D eigenvalue weighted by molar-refractivity contribution is 0.0596. The van der Waals surface area contributed by atoms with E-state index >= 15 is 0 Å². The minimum absolute atomic E-state index is 0.0105. The van der Waals surface area contributed by atoms with Gasteiger partial charge >= 0.3 is 13.3 Å². The van der Waals surface area contributed by atoms with E-state index in [1.54, 1.807) is 0 Å². The lowest BCUT2D eigenvalue weighted by atomic mass is 10.1. The minimum atomic E-state index is -5.79. The van der Waals surface area contributed by atoms with E-state index in [-0.39, 0.29) is 45.7 Å². The van der Waals surface area contributed by atoms with Crippen LogP contribution in [0.4, 0.5) is 8.78 Å². The molecule has 0 aliphatic heterocycles. The zero-order valence-electron chi connectivity index (χ0n) is 15.3. The number of carbonyl (C=O) groups excluding carboxylic acids is 1. The van der Waals surface area contributed by atoms with Crippen molar-refractivity contribution >= 4 is 44.9 Å². The number of amides is 1. The number of ether oxygens (including phenoxy) is 1. The molecule has 2 rings (SSSR count). The molecule has 1 amide bonds. The quantitative estimate of drug-likeness (QED) is 0.337. The van der Waals surface area contributed by atoms with Crippen LogP contribution in [0.25, 0.3) is 10.1 Å². The van der Waals surface area contributed by atoms with E-state index in [1.165, 1.54) is 26.1 Å². The van der Waals surface area contributed by atoms with Crippen LogP contribution in [0.2, 0.25) is 0 Å². The van der Waals surface area contributed by atoms with Gasteiger partial charge in [-0.25, -0.2) is 13.6 Å². The van der Waals surface area contributed by atoms with Gasteiger partial charge in [0.1, 0.15) is 5.75 Å². The third-order valence-corrected chi connectivity index (χ3v) is 7.32. The first-order valence-electron chi connectivity index (χ1n) is 8.05. The Morgan fingerprint density at radius 2 is 2.00 bits per heavy atom. The van der Waals surface area contributed by atoms with Gasteiger partial charge in [-0.3, -0.25) is 9.36 Å². The maximum absolute atomic E-state index is 14.3. The van der Waals surface area contributed by atoms with E-state index in [2.05, 4.69) is 5.32 Å². The predicted octanol–water partition coefficient (Wildman–Crippen LogP) is 1.85. The smallest absolute Gasteiger partial charge is 0.400 e. The standard InChI is InChI=1S/C15H19F2N2O7PS2/c1-8-10-6-9(14(20)19-2)7-11(26-4-3-5-29(18,24)25)12(10)28-13(8)15(16,17)27(21,22)23/h6-7H,3-5H2,1-2H3,(H,19,20)(H2,18,24,25)(H2,21,22,23). The highest BCUT2D eigenvalue weighted by molar-refractivity contribution is 7.89. The van der Waals surface area contributed by atoms with E-state index in [0.717, 1.165) is 0 Å². The van der Waals surface area contributed by atoms with Crippen LogP contribution in [0, 0.1) is 6.92 Å². The fraction of sp³-hybridized carbons (Fsp3) is 0.400. The van der Waals surface area contributed by atoms with Gasteiger partial charge in [0.2, 0.25) is 10.0 Å². The molecule has 0 atom stereocenters. The van der Waals surface area contributed by atoms with E-state index in [1.807, 2.05) is 0 Å². The number of rotatable bonds is 8. The SMILES string of the molecule is CNC(=O)c1cc(OCCCS(N)(=O)=O)c2sc(C(F)(F)P(=O)(O)O)c(C)c2c1. The molecule has 0 aliphatic rings. The predicted molar refractivity (Wildman–Crippen MR) is 104 cm³/mol. The molecule has 0 aliphatic carbocycles. The van der Waals surface area contributed by atoms with E-state index in [0.29, 0.717) is 11.3 Å². The third-order valence-electron chi connectivity index (χ3n) is 3.96. The Hall–Kier alpha value is -1.63. The largest absolute Gasteiger partial charge is 0.492 e. The van der Waals surface area contributed by atoms with Crippen LogP contribution in [-0.2, 0) is 20.3 Å². The van der Waals surface area contributed by atoms with Gasteiger partial charge in [-0.05, 0) is 31.0 Å². The topological polar surface area (TPSA) is 156 Å². The minimum Gasteiger partial charge on any atom is -0.492 e. The van der Waals surface area contributed by atoms with Crippen molar-refractivity contribution in [2.75, 3.05) is 19.4 Å². The average molecular weight is 472 g/mol. The Morgan fingerprint density at radius 1 is 1.38 bits per heavy atom. The Kier molecular flexibility index (Phi) is 6.72. The number of sulfonamides is 1. The second-order valence-electron chi connectivity index (χ2n) is 6.14. The highest BCUT2D eigenvalue weighted by Gasteiger charge is 2.52. The molecule has 0 spiro atoms. The number of hydrogen-bond acceptors (Lipinski definition) is 6. The zero-order valence-corrected chi connectivity index (χ0v) is 17.8. The summed E-state index contributed by atoms with van der Waals surface area (Å²) in [5.74, 6) is -0.887. The molecule has 0 unspecified atom stereocenters. The van der Waals surface area contributed by atoms with Gasteiger partial charge < -0.3 is 19.8 Å². The number of thiophene rings is 1. The number of nitrogens with one attached hydrogen (secondary N) is 1. The number of aryl methyl sites for hydroxylation is 1. The van der Waals surface area contributed by atoms with Crippen LogP contribution < -0.4 is 15.2 Å². The van der Waals surface area contributed by atoms with Gasteiger partial charge in [0.05, 0.1) is 21.9 Å². The maximum Gasteiger partial charge on any atom is 0.400 e. The van der Waals surface area contributed by atoms with E-state index < -0.39 is 34.1 Å². The molecule has 14 heteroatoms. The average Bonchev–Trinajstić information content (AvgIpc) is 2.93. The van der Waals surface area contributed by atoms with Crippen molar-refractivity contribution in [1.82, 2.24) is 5.32 Å². The van der Waals surface area contributed by atoms with Crippen molar-refractivity contribution in [2.45, 2.75) is 19.0 Å². The van der Waals surface area contributed by atoms with Gasteiger partial charge in [0, 0.05) is 18.0 Å². The number of fused-ring (bicyclic) bond motifs is 1. The van der Waals surface area contributed by atoms with Gasteiger partial charge in [-0.15, -0.1) is 11.3 Å². The van der Waals surface area contributed by atoms with Crippen LogP contribution in [0.5, 0.6) is 5.75 Å². The van der Waals surface area contributed by atoms with Crippen molar-refractivity contribution in [3.05, 3.63) is 28.1 Å². The highest BCUT2D eigenvalue weighted by atomic mass is 32.2. The second-order valence-corrected chi connectivity index (χ2v) is 10.5. The van der Waals surface area contributed by atoms with Gasteiger partial charge in [0.25, 0.3) is 5.91 Å². The summed E-state index contributed by atoms with van der Waals surface area (Å²) in [7, 11) is -8.14. The number of benzene rings is 1. The molecule has 0 radical (unpaired) electrons. The van der Waals surface area contributed by atoms with E-state index in [4.69, 9.17) is 19.7 Å². The van der Waals surface area contributed by atoms with Gasteiger partial charge in [-0.2, -0.15) is 8.78 Å². The number of halogens is 2. The van der Waals surface area contributed by atoms with Crippen molar-refractivity contribution in [3.8, 4) is 5.75 Å². The number of alkyl halides is 2. The summed E-state index contributed by atoms with van der Waals surface area (Å²) in [5.41, 5.74) is -4.44. The molecule has 0 fully saturated rings. The molecule has 1 aromatic carbocycles. The molecule has 1 aromatic heterocycles. The van der Waals surface area contributed by atoms with Crippen molar-refractivity contribution < 1.29 is 41.1 Å². The fourth-order valence-corrected chi connectivity index (χ4v) is 5.11. The molecule has 29 heavy (non-hydrogen) atoms.